The van der Waals surface area contributed by atoms with Crippen molar-refractivity contribution < 1.29 is 19.1 Å². The Hall–Kier alpha value is -1.10. The van der Waals surface area contributed by atoms with Crippen molar-refractivity contribution in [3.8, 4) is 0 Å². The van der Waals surface area contributed by atoms with Crippen molar-refractivity contribution >= 4 is 11.9 Å². The number of carbonyl (C=O) groups excluding carboxylic acids is 2. The van der Waals surface area contributed by atoms with Crippen LogP contribution in [-0.4, -0.2) is 35.7 Å². The van der Waals surface area contributed by atoms with Gasteiger partial charge in [0.05, 0.1) is 6.10 Å². The van der Waals surface area contributed by atoms with Crippen LogP contribution in [-0.2, 0) is 19.1 Å². The second-order valence-corrected chi connectivity index (χ2v) is 6.78. The normalized spacial score (nSPS) is 24.6. The first kappa shape index (κ1) is 17.0. The van der Waals surface area contributed by atoms with Crippen LogP contribution < -0.4 is 5.32 Å². The van der Waals surface area contributed by atoms with Crippen LogP contribution in [0.25, 0.3) is 0 Å². The van der Waals surface area contributed by atoms with Gasteiger partial charge in [0.2, 0.25) is 5.91 Å². The number of rotatable bonds is 4. The third kappa shape index (κ3) is 5.12. The average Bonchev–Trinajstić information content (AvgIpc) is 2.69. The highest BCUT2D eigenvalue weighted by molar-refractivity contribution is 5.87. The van der Waals surface area contributed by atoms with Crippen LogP contribution in [0.5, 0.6) is 0 Å². The predicted octanol–water partition coefficient (Wildman–Crippen LogP) is 2.04. The third-order valence-corrected chi connectivity index (χ3v) is 3.15. The van der Waals surface area contributed by atoms with Crippen molar-refractivity contribution in [1.82, 2.24) is 5.32 Å². The fourth-order valence-electron chi connectivity index (χ4n) is 2.10. The molecule has 1 N–H and O–H groups in total. The summed E-state index contributed by atoms with van der Waals surface area (Å²) in [6.45, 7) is 11.1. The summed E-state index contributed by atoms with van der Waals surface area (Å²) < 4.78 is 10.9. The lowest BCUT2D eigenvalue weighted by Gasteiger charge is -2.27. The van der Waals surface area contributed by atoms with Crippen LogP contribution in [0.2, 0.25) is 0 Å². The van der Waals surface area contributed by atoms with E-state index in [2.05, 4.69) is 5.32 Å². The van der Waals surface area contributed by atoms with Crippen LogP contribution in [0.1, 0.15) is 54.4 Å². The minimum atomic E-state index is -0.638. The van der Waals surface area contributed by atoms with Crippen molar-refractivity contribution in [3.05, 3.63) is 0 Å². The molecule has 5 nitrogen and oxygen atoms in total. The van der Waals surface area contributed by atoms with E-state index in [0.717, 1.165) is 6.42 Å². The first-order valence-electron chi connectivity index (χ1n) is 7.29. The Morgan fingerprint density at radius 2 is 1.85 bits per heavy atom. The fraction of sp³-hybridized carbons (Fsp3) is 0.867. The molecule has 5 heteroatoms. The van der Waals surface area contributed by atoms with Gasteiger partial charge in [-0.05, 0) is 46.5 Å². The molecule has 3 atom stereocenters. The molecule has 0 radical (unpaired) electrons. The minimum absolute atomic E-state index is 0.0346. The van der Waals surface area contributed by atoms with Gasteiger partial charge in [-0.1, -0.05) is 13.8 Å². The number of esters is 1. The SMILES string of the molecule is CC1CCC(C(=O)N[C@H](C(=O)OC(C)(C)C)C(C)C)O1. The monoisotopic (exact) mass is 285 g/mol. The molecular weight excluding hydrogens is 258 g/mol. The molecule has 1 heterocycles. The Morgan fingerprint density at radius 1 is 1.25 bits per heavy atom. The van der Waals surface area contributed by atoms with Gasteiger partial charge in [-0.15, -0.1) is 0 Å². The number of nitrogens with one attached hydrogen (secondary N) is 1. The molecule has 1 saturated heterocycles. The summed E-state index contributed by atoms with van der Waals surface area (Å²) in [6.07, 6.45) is 1.22. The lowest BCUT2D eigenvalue weighted by Crippen LogP contribution is -2.50. The van der Waals surface area contributed by atoms with Crippen molar-refractivity contribution in [1.29, 1.82) is 0 Å². The zero-order chi connectivity index (χ0) is 15.5. The lowest BCUT2D eigenvalue weighted by molar-refractivity contribution is -0.160. The molecule has 0 aromatic heterocycles. The van der Waals surface area contributed by atoms with E-state index in [9.17, 15) is 9.59 Å². The maximum Gasteiger partial charge on any atom is 0.329 e. The Bertz CT molecular complexity index is 359. The summed E-state index contributed by atoms with van der Waals surface area (Å²) in [5.41, 5.74) is -0.562. The van der Waals surface area contributed by atoms with Gasteiger partial charge in [0.1, 0.15) is 17.7 Å². The van der Waals surface area contributed by atoms with Gasteiger partial charge in [-0.25, -0.2) is 4.79 Å². The van der Waals surface area contributed by atoms with Crippen molar-refractivity contribution in [3.63, 3.8) is 0 Å². The van der Waals surface area contributed by atoms with E-state index in [0.29, 0.717) is 6.42 Å². The van der Waals surface area contributed by atoms with Crippen LogP contribution >= 0.6 is 0 Å². The third-order valence-electron chi connectivity index (χ3n) is 3.15. The highest BCUT2D eigenvalue weighted by Crippen LogP contribution is 2.20. The Kier molecular flexibility index (Phi) is 5.57. The molecule has 20 heavy (non-hydrogen) atoms. The molecule has 0 saturated carbocycles. The van der Waals surface area contributed by atoms with Crippen LogP contribution in [0.4, 0.5) is 0 Å². The molecule has 0 aromatic carbocycles. The quantitative estimate of drug-likeness (QED) is 0.803. The smallest absolute Gasteiger partial charge is 0.329 e. The Balaban J connectivity index is 2.63. The molecular formula is C15H27NO4. The number of ether oxygens (including phenoxy) is 2. The molecule has 0 aromatic rings. The Morgan fingerprint density at radius 3 is 2.25 bits per heavy atom. The second-order valence-electron chi connectivity index (χ2n) is 6.78. The van der Waals surface area contributed by atoms with Crippen LogP contribution in [0, 0.1) is 5.92 Å². The fourth-order valence-corrected chi connectivity index (χ4v) is 2.10. The first-order valence-corrected chi connectivity index (χ1v) is 7.29. The van der Waals surface area contributed by atoms with Crippen LogP contribution in [0.15, 0.2) is 0 Å². The van der Waals surface area contributed by atoms with E-state index in [1.54, 1.807) is 0 Å². The minimum Gasteiger partial charge on any atom is -0.458 e. The van der Waals surface area contributed by atoms with Crippen molar-refractivity contribution in [2.24, 2.45) is 5.92 Å². The summed E-state index contributed by atoms with van der Waals surface area (Å²) in [5.74, 6) is -0.654. The van der Waals surface area contributed by atoms with E-state index < -0.39 is 23.7 Å². The number of carbonyl (C=O) groups is 2. The van der Waals surface area contributed by atoms with Gasteiger partial charge in [-0.3, -0.25) is 4.79 Å². The molecule has 0 spiro atoms. The molecule has 1 aliphatic heterocycles. The molecule has 2 unspecified atom stereocenters. The summed E-state index contributed by atoms with van der Waals surface area (Å²) in [6, 6.07) is -0.638. The van der Waals surface area contributed by atoms with Gasteiger partial charge in [0.15, 0.2) is 0 Å². The zero-order valence-corrected chi connectivity index (χ0v) is 13.4. The molecule has 116 valence electrons. The number of amides is 1. The van der Waals surface area contributed by atoms with E-state index in [1.165, 1.54) is 0 Å². The standard InChI is InChI=1S/C15H27NO4/c1-9(2)12(14(18)20-15(4,5)6)16-13(17)11-8-7-10(3)19-11/h9-12H,7-8H2,1-6H3,(H,16,17)/t10?,11?,12-/m0/s1. The molecule has 1 amide bonds. The van der Waals surface area contributed by atoms with E-state index >= 15 is 0 Å². The second kappa shape index (κ2) is 6.57. The summed E-state index contributed by atoms with van der Waals surface area (Å²) in [7, 11) is 0. The molecule has 1 rings (SSSR count). The van der Waals surface area contributed by atoms with Gasteiger partial charge >= 0.3 is 5.97 Å². The zero-order valence-electron chi connectivity index (χ0n) is 13.4. The van der Waals surface area contributed by atoms with E-state index in [1.807, 2.05) is 41.5 Å². The molecule has 1 aliphatic rings. The molecule has 1 fully saturated rings. The van der Waals surface area contributed by atoms with Gasteiger partial charge < -0.3 is 14.8 Å². The summed E-state index contributed by atoms with van der Waals surface area (Å²) in [5, 5.41) is 2.76. The lowest BCUT2D eigenvalue weighted by atomic mass is 10.0. The highest BCUT2D eigenvalue weighted by Gasteiger charge is 2.34. The number of hydrogen-bond donors (Lipinski definition) is 1. The van der Waals surface area contributed by atoms with Crippen molar-refractivity contribution in [2.45, 2.75) is 78.2 Å². The maximum atomic E-state index is 12.1. The Labute approximate surface area is 121 Å². The van der Waals surface area contributed by atoms with Gasteiger partial charge in [-0.2, -0.15) is 0 Å². The van der Waals surface area contributed by atoms with Crippen LogP contribution in [0.3, 0.4) is 0 Å². The largest absolute Gasteiger partial charge is 0.458 e. The topological polar surface area (TPSA) is 64.6 Å². The molecule has 0 aliphatic carbocycles. The first-order chi connectivity index (χ1) is 9.10. The molecule has 0 bridgehead atoms. The summed E-state index contributed by atoms with van der Waals surface area (Å²) in [4.78, 5) is 24.3. The van der Waals surface area contributed by atoms with E-state index in [-0.39, 0.29) is 17.9 Å². The van der Waals surface area contributed by atoms with Gasteiger partial charge in [0, 0.05) is 0 Å². The van der Waals surface area contributed by atoms with E-state index in [4.69, 9.17) is 9.47 Å². The average molecular weight is 285 g/mol. The highest BCUT2D eigenvalue weighted by atomic mass is 16.6. The summed E-state index contributed by atoms with van der Waals surface area (Å²) >= 11 is 0. The van der Waals surface area contributed by atoms with Crippen molar-refractivity contribution in [2.75, 3.05) is 0 Å². The van der Waals surface area contributed by atoms with Gasteiger partial charge in [0.25, 0.3) is 0 Å². The number of hydrogen-bond acceptors (Lipinski definition) is 4. The maximum absolute atomic E-state index is 12.1. The predicted molar refractivity (Wildman–Crippen MR) is 76.2 cm³/mol.